The van der Waals surface area contributed by atoms with E-state index in [2.05, 4.69) is 9.97 Å². The lowest BCUT2D eigenvalue weighted by molar-refractivity contribution is 0.100. The minimum Gasteiger partial charge on any atom is -0.324 e. The Morgan fingerprint density at radius 2 is 2.38 bits per heavy atom. The normalized spacial score (nSPS) is 10.5. The summed E-state index contributed by atoms with van der Waals surface area (Å²) in [4.78, 5) is 19.1. The number of ketones is 1. The van der Waals surface area contributed by atoms with Crippen molar-refractivity contribution in [2.45, 2.75) is 0 Å². The largest absolute Gasteiger partial charge is 0.324 e. The Kier molecular flexibility index (Phi) is 1.79. The molecule has 0 unspecified atom stereocenters. The molecule has 0 saturated heterocycles. The van der Waals surface area contributed by atoms with Crippen molar-refractivity contribution in [3.8, 4) is 0 Å². The summed E-state index contributed by atoms with van der Waals surface area (Å²) in [5.74, 6) is 0.455. The van der Waals surface area contributed by atoms with Gasteiger partial charge < -0.3 is 5.73 Å². The van der Waals surface area contributed by atoms with E-state index in [9.17, 15) is 4.79 Å². The molecule has 0 aliphatic carbocycles. The van der Waals surface area contributed by atoms with Gasteiger partial charge in [-0.05, 0) is 0 Å². The standard InChI is InChI=1S/C8H8N4O/c9-3-7(13)6-4-11-8-10-1-2-12(8)5-6/h1-2,4-5H,3,9H2. The molecule has 66 valence electrons. The molecule has 5 nitrogen and oxygen atoms in total. The molecule has 0 bridgehead atoms. The Bertz CT molecular complexity index is 448. The van der Waals surface area contributed by atoms with Crippen LogP contribution in [0.5, 0.6) is 0 Å². The first-order valence-corrected chi connectivity index (χ1v) is 3.83. The molecule has 0 atom stereocenters. The fraction of sp³-hybridized carbons (Fsp3) is 0.125. The average molecular weight is 176 g/mol. The van der Waals surface area contributed by atoms with Gasteiger partial charge in [0.1, 0.15) is 0 Å². The molecule has 0 amide bonds. The van der Waals surface area contributed by atoms with Gasteiger partial charge in [-0.1, -0.05) is 0 Å². The van der Waals surface area contributed by atoms with Crippen molar-refractivity contribution in [2.24, 2.45) is 5.73 Å². The lowest BCUT2D eigenvalue weighted by atomic mass is 10.2. The zero-order valence-electron chi connectivity index (χ0n) is 6.84. The summed E-state index contributed by atoms with van der Waals surface area (Å²) in [7, 11) is 0. The molecule has 2 rings (SSSR count). The highest BCUT2D eigenvalue weighted by molar-refractivity contribution is 5.97. The second kappa shape index (κ2) is 2.95. The van der Waals surface area contributed by atoms with Gasteiger partial charge in [0.25, 0.3) is 0 Å². The van der Waals surface area contributed by atoms with E-state index in [1.807, 2.05) is 0 Å². The van der Waals surface area contributed by atoms with Crippen molar-refractivity contribution in [3.63, 3.8) is 0 Å². The minimum atomic E-state index is -0.122. The van der Waals surface area contributed by atoms with Gasteiger partial charge in [-0.2, -0.15) is 0 Å². The van der Waals surface area contributed by atoms with E-state index in [0.717, 1.165) is 0 Å². The van der Waals surface area contributed by atoms with Crippen LogP contribution in [0.25, 0.3) is 5.78 Å². The quantitative estimate of drug-likeness (QED) is 0.647. The number of nitrogens with two attached hydrogens (primary N) is 1. The van der Waals surface area contributed by atoms with Crippen molar-refractivity contribution in [1.29, 1.82) is 0 Å². The van der Waals surface area contributed by atoms with Gasteiger partial charge in [0.15, 0.2) is 5.78 Å². The second-order valence-electron chi connectivity index (χ2n) is 2.60. The number of aromatic nitrogens is 3. The number of Topliss-reactive ketones (excluding diaryl/α,β-unsaturated/α-hetero) is 1. The van der Waals surface area contributed by atoms with Crippen LogP contribution in [-0.2, 0) is 0 Å². The molecule has 0 aliphatic rings. The predicted molar refractivity (Wildman–Crippen MR) is 46.4 cm³/mol. The summed E-state index contributed by atoms with van der Waals surface area (Å²) in [5, 5.41) is 0. The molecular weight excluding hydrogens is 168 g/mol. The van der Waals surface area contributed by atoms with Gasteiger partial charge in [0.2, 0.25) is 5.78 Å². The number of hydrogen-bond donors (Lipinski definition) is 1. The summed E-state index contributed by atoms with van der Waals surface area (Å²) >= 11 is 0. The fourth-order valence-electron chi connectivity index (χ4n) is 1.08. The smallest absolute Gasteiger partial charge is 0.233 e. The number of nitrogens with zero attached hydrogens (tertiary/aromatic N) is 3. The first-order valence-electron chi connectivity index (χ1n) is 3.83. The average Bonchev–Trinajstić information content (AvgIpc) is 2.63. The Morgan fingerprint density at radius 1 is 1.54 bits per heavy atom. The van der Waals surface area contributed by atoms with Gasteiger partial charge in [-0.15, -0.1) is 0 Å². The Hall–Kier alpha value is -1.75. The maximum absolute atomic E-state index is 11.2. The summed E-state index contributed by atoms with van der Waals surface area (Å²) in [6.07, 6.45) is 6.51. The van der Waals surface area contributed by atoms with E-state index >= 15 is 0 Å². The molecule has 0 aliphatic heterocycles. The van der Waals surface area contributed by atoms with Gasteiger partial charge in [-0.3, -0.25) is 9.20 Å². The number of imidazole rings is 1. The number of fused-ring (bicyclic) bond motifs is 1. The van der Waals surface area contributed by atoms with Crippen molar-refractivity contribution in [2.75, 3.05) is 6.54 Å². The number of hydrogen-bond acceptors (Lipinski definition) is 4. The predicted octanol–water partition coefficient (Wildman–Crippen LogP) is -0.129. The molecule has 2 aromatic rings. The molecule has 2 N–H and O–H groups in total. The molecule has 13 heavy (non-hydrogen) atoms. The van der Waals surface area contributed by atoms with Crippen LogP contribution in [0.4, 0.5) is 0 Å². The summed E-state index contributed by atoms with van der Waals surface area (Å²) in [5.41, 5.74) is 5.73. The minimum absolute atomic E-state index is 0.00187. The zero-order valence-corrected chi connectivity index (χ0v) is 6.84. The molecule has 5 heteroatoms. The first-order chi connectivity index (χ1) is 6.31. The highest BCUT2D eigenvalue weighted by Gasteiger charge is 2.04. The van der Waals surface area contributed by atoms with E-state index in [4.69, 9.17) is 5.73 Å². The number of carbonyl (C=O) groups excluding carboxylic acids is 1. The van der Waals surface area contributed by atoms with Crippen LogP contribution in [0.3, 0.4) is 0 Å². The monoisotopic (exact) mass is 176 g/mol. The molecule has 2 aromatic heterocycles. The van der Waals surface area contributed by atoms with Gasteiger partial charge in [-0.25, -0.2) is 9.97 Å². The third-order valence-corrected chi connectivity index (χ3v) is 1.75. The van der Waals surface area contributed by atoms with E-state index < -0.39 is 0 Å². The summed E-state index contributed by atoms with van der Waals surface area (Å²) in [6.45, 7) is 0.00187. The van der Waals surface area contributed by atoms with E-state index in [1.165, 1.54) is 6.20 Å². The fourth-order valence-corrected chi connectivity index (χ4v) is 1.08. The van der Waals surface area contributed by atoms with Crippen LogP contribution in [-0.4, -0.2) is 26.7 Å². The van der Waals surface area contributed by atoms with E-state index in [0.29, 0.717) is 11.3 Å². The van der Waals surface area contributed by atoms with Gasteiger partial charge in [0.05, 0.1) is 12.1 Å². The lowest BCUT2D eigenvalue weighted by Crippen LogP contribution is -2.14. The van der Waals surface area contributed by atoms with Crippen molar-refractivity contribution < 1.29 is 4.79 Å². The van der Waals surface area contributed by atoms with Crippen LogP contribution < -0.4 is 5.73 Å². The third-order valence-electron chi connectivity index (χ3n) is 1.75. The van der Waals surface area contributed by atoms with E-state index in [1.54, 1.807) is 23.0 Å². The number of rotatable bonds is 2. The van der Waals surface area contributed by atoms with Crippen LogP contribution in [0, 0.1) is 0 Å². The topological polar surface area (TPSA) is 73.3 Å². The maximum Gasteiger partial charge on any atom is 0.233 e. The second-order valence-corrected chi connectivity index (χ2v) is 2.60. The van der Waals surface area contributed by atoms with Crippen LogP contribution in [0.2, 0.25) is 0 Å². The Balaban J connectivity index is 2.54. The van der Waals surface area contributed by atoms with E-state index in [-0.39, 0.29) is 12.3 Å². The molecule has 0 spiro atoms. The van der Waals surface area contributed by atoms with Crippen molar-refractivity contribution in [1.82, 2.24) is 14.4 Å². The van der Waals surface area contributed by atoms with Crippen LogP contribution >= 0.6 is 0 Å². The third kappa shape index (κ3) is 1.29. The molecule has 0 fully saturated rings. The molecule has 2 heterocycles. The SMILES string of the molecule is NCC(=O)c1cnc2nccn2c1. The van der Waals surface area contributed by atoms with Gasteiger partial charge >= 0.3 is 0 Å². The zero-order chi connectivity index (χ0) is 9.26. The summed E-state index contributed by atoms with van der Waals surface area (Å²) < 4.78 is 1.68. The van der Waals surface area contributed by atoms with Gasteiger partial charge in [0, 0.05) is 24.8 Å². The molecule has 0 saturated carbocycles. The highest BCUT2D eigenvalue weighted by Crippen LogP contribution is 2.01. The first kappa shape index (κ1) is 7.88. The molecule has 0 radical (unpaired) electrons. The molecule has 0 aromatic carbocycles. The number of carbonyl (C=O) groups is 1. The Morgan fingerprint density at radius 3 is 3.15 bits per heavy atom. The van der Waals surface area contributed by atoms with Crippen molar-refractivity contribution >= 4 is 11.6 Å². The molecular formula is C8H8N4O. The highest BCUT2D eigenvalue weighted by atomic mass is 16.1. The maximum atomic E-state index is 11.2. The summed E-state index contributed by atoms with van der Waals surface area (Å²) in [6, 6.07) is 0. The van der Waals surface area contributed by atoms with Crippen LogP contribution in [0.1, 0.15) is 10.4 Å². The van der Waals surface area contributed by atoms with Crippen LogP contribution in [0.15, 0.2) is 24.8 Å². The lowest BCUT2D eigenvalue weighted by Gasteiger charge is -1.97. The van der Waals surface area contributed by atoms with Crippen molar-refractivity contribution in [3.05, 3.63) is 30.4 Å². The Labute approximate surface area is 74.2 Å².